The molecule has 2 aromatic rings. The molecule has 7 heteroatoms. The summed E-state index contributed by atoms with van der Waals surface area (Å²) in [5.74, 6) is 0. The van der Waals surface area contributed by atoms with Crippen molar-refractivity contribution in [3.8, 4) is 0 Å². The highest BCUT2D eigenvalue weighted by molar-refractivity contribution is 9.11. The summed E-state index contributed by atoms with van der Waals surface area (Å²) in [5, 5.41) is 3.26. The van der Waals surface area contributed by atoms with E-state index >= 15 is 0 Å². The van der Waals surface area contributed by atoms with Gasteiger partial charge in [-0.2, -0.15) is 0 Å². The lowest BCUT2D eigenvalue weighted by Crippen LogP contribution is -2.45. The van der Waals surface area contributed by atoms with Crippen LogP contribution in [0, 0.1) is 0 Å². The second kappa shape index (κ2) is 14.0. The molecule has 2 fully saturated rings. The van der Waals surface area contributed by atoms with Gasteiger partial charge < -0.3 is 19.7 Å². The molecule has 4 nitrogen and oxygen atoms in total. The Kier molecular flexibility index (Phi) is 12.1. The van der Waals surface area contributed by atoms with Crippen LogP contribution in [0.5, 0.6) is 0 Å². The van der Waals surface area contributed by atoms with Crippen LogP contribution in [0.25, 0.3) is 0 Å². The van der Waals surface area contributed by atoms with Crippen LogP contribution in [0.15, 0.2) is 61.9 Å². The van der Waals surface area contributed by atoms with Crippen molar-refractivity contribution in [2.75, 3.05) is 31.1 Å². The predicted octanol–water partition coefficient (Wildman–Crippen LogP) is 6.66. The van der Waals surface area contributed by atoms with Gasteiger partial charge in [0.1, 0.15) is 0 Å². The first kappa shape index (κ1) is 26.8. The van der Waals surface area contributed by atoms with Crippen LogP contribution in [0.4, 0.5) is 5.69 Å². The summed E-state index contributed by atoms with van der Waals surface area (Å²) in [6.07, 6.45) is 1.43. The number of rotatable bonds is 1. The van der Waals surface area contributed by atoms with E-state index in [1.165, 1.54) is 5.69 Å². The molecule has 0 spiro atoms. The third kappa shape index (κ3) is 10.8. The van der Waals surface area contributed by atoms with Crippen LogP contribution < -0.4 is 10.2 Å². The number of morpholine rings is 2. The van der Waals surface area contributed by atoms with Crippen molar-refractivity contribution < 1.29 is 9.47 Å². The molecule has 0 amide bonds. The quantitative estimate of drug-likeness (QED) is 0.387. The summed E-state index contributed by atoms with van der Waals surface area (Å²) in [5.41, 5.74) is 1.27. The van der Waals surface area contributed by atoms with Crippen molar-refractivity contribution in [2.24, 2.45) is 0 Å². The van der Waals surface area contributed by atoms with Crippen LogP contribution in [-0.2, 0) is 9.47 Å². The summed E-state index contributed by atoms with van der Waals surface area (Å²) in [6.45, 7) is 12.4. The number of ether oxygens (including phenoxy) is 2. The van der Waals surface area contributed by atoms with E-state index in [9.17, 15) is 0 Å². The number of benzene rings is 2. The number of nitrogens with one attached hydrogen (secondary N) is 1. The summed E-state index contributed by atoms with van der Waals surface area (Å²) in [6, 6.07) is 16.4. The fraction of sp³-hybridized carbons (Fsp3) is 0.500. The number of anilines is 1. The standard InChI is InChI=1S/C12H16BrNO.C6H4Br2.C6H13NO/c1-9-7-14(8-10(2)15-9)12-5-3-4-11(13)6-12;7-5-2-1-3-6(8)4-5;1-5-3-7-4-6(2)8-5/h3-6,9-10H,7-8H2,1-2H3;1-4H;5-7H,3-4H2,1-2H3/t9-,10+;;5-,6+. The summed E-state index contributed by atoms with van der Waals surface area (Å²) in [7, 11) is 0. The zero-order chi connectivity index (χ0) is 22.8. The van der Waals surface area contributed by atoms with Gasteiger partial charge in [0.05, 0.1) is 24.4 Å². The normalized spacial score (nSPS) is 25.6. The first-order chi connectivity index (χ1) is 14.7. The van der Waals surface area contributed by atoms with Crippen LogP contribution in [-0.4, -0.2) is 50.6 Å². The first-order valence-electron chi connectivity index (χ1n) is 10.7. The van der Waals surface area contributed by atoms with Crippen molar-refractivity contribution >= 4 is 53.5 Å². The Labute approximate surface area is 212 Å². The average molecular weight is 621 g/mol. The smallest absolute Gasteiger partial charge is 0.0726 e. The highest BCUT2D eigenvalue weighted by atomic mass is 79.9. The highest BCUT2D eigenvalue weighted by Gasteiger charge is 2.22. The fourth-order valence-corrected chi connectivity index (χ4v) is 5.00. The van der Waals surface area contributed by atoms with E-state index in [-0.39, 0.29) is 0 Å². The fourth-order valence-electron chi connectivity index (χ4n) is 3.50. The zero-order valence-corrected chi connectivity index (χ0v) is 23.4. The Morgan fingerprint density at radius 2 is 1.16 bits per heavy atom. The number of halogens is 3. The van der Waals surface area contributed by atoms with Gasteiger partial charge in [-0.1, -0.05) is 59.9 Å². The molecule has 0 aromatic heterocycles. The highest BCUT2D eigenvalue weighted by Crippen LogP contribution is 2.23. The molecule has 4 rings (SSSR count). The molecular formula is C24H33Br3N2O2. The molecule has 4 atom stereocenters. The molecule has 0 aliphatic carbocycles. The molecule has 2 heterocycles. The topological polar surface area (TPSA) is 33.7 Å². The van der Waals surface area contributed by atoms with Gasteiger partial charge in [-0.25, -0.2) is 0 Å². The molecule has 0 bridgehead atoms. The summed E-state index contributed by atoms with van der Waals surface area (Å²) >= 11 is 10.2. The van der Waals surface area contributed by atoms with E-state index in [0.29, 0.717) is 24.4 Å². The third-order valence-corrected chi connectivity index (χ3v) is 6.19. The second-order valence-electron chi connectivity index (χ2n) is 8.00. The molecule has 2 aromatic carbocycles. The molecule has 172 valence electrons. The second-order valence-corrected chi connectivity index (χ2v) is 10.7. The van der Waals surface area contributed by atoms with E-state index in [1.54, 1.807) is 0 Å². The Hall–Kier alpha value is -0.440. The maximum absolute atomic E-state index is 5.71. The van der Waals surface area contributed by atoms with Crippen molar-refractivity contribution in [2.45, 2.75) is 52.1 Å². The minimum atomic E-state index is 0.313. The van der Waals surface area contributed by atoms with Gasteiger partial charge in [0.15, 0.2) is 0 Å². The number of nitrogens with zero attached hydrogens (tertiary/aromatic N) is 1. The molecular weight excluding hydrogens is 588 g/mol. The Morgan fingerprint density at radius 3 is 1.55 bits per heavy atom. The molecule has 2 aliphatic rings. The lowest BCUT2D eigenvalue weighted by atomic mass is 10.2. The number of hydrogen-bond donors (Lipinski definition) is 1. The monoisotopic (exact) mass is 618 g/mol. The lowest BCUT2D eigenvalue weighted by Gasteiger charge is -2.36. The third-order valence-electron chi connectivity index (χ3n) is 4.71. The lowest BCUT2D eigenvalue weighted by molar-refractivity contribution is -0.0166. The van der Waals surface area contributed by atoms with Crippen LogP contribution in [0.2, 0.25) is 0 Å². The summed E-state index contributed by atoms with van der Waals surface area (Å²) in [4.78, 5) is 2.38. The Morgan fingerprint density at radius 1 is 0.710 bits per heavy atom. The molecule has 31 heavy (non-hydrogen) atoms. The molecule has 2 aliphatic heterocycles. The minimum absolute atomic E-state index is 0.313. The van der Waals surface area contributed by atoms with E-state index in [0.717, 1.165) is 39.6 Å². The predicted molar refractivity (Wildman–Crippen MR) is 141 cm³/mol. The molecule has 2 saturated heterocycles. The number of hydrogen-bond acceptors (Lipinski definition) is 4. The van der Waals surface area contributed by atoms with Crippen molar-refractivity contribution in [3.05, 3.63) is 61.9 Å². The summed E-state index contributed by atoms with van der Waals surface area (Å²) < 4.78 is 14.5. The average Bonchev–Trinajstić information content (AvgIpc) is 2.68. The van der Waals surface area contributed by atoms with Crippen molar-refractivity contribution in [1.82, 2.24) is 5.32 Å². The van der Waals surface area contributed by atoms with Crippen molar-refractivity contribution in [3.63, 3.8) is 0 Å². The van der Waals surface area contributed by atoms with Gasteiger partial charge in [0.25, 0.3) is 0 Å². The molecule has 1 N–H and O–H groups in total. The van der Waals surface area contributed by atoms with Gasteiger partial charge in [0, 0.05) is 45.3 Å². The van der Waals surface area contributed by atoms with Crippen LogP contribution in [0.3, 0.4) is 0 Å². The van der Waals surface area contributed by atoms with E-state index in [2.05, 4.69) is 110 Å². The maximum Gasteiger partial charge on any atom is 0.0726 e. The van der Waals surface area contributed by atoms with Crippen molar-refractivity contribution in [1.29, 1.82) is 0 Å². The van der Waals surface area contributed by atoms with Gasteiger partial charge in [-0.15, -0.1) is 0 Å². The largest absolute Gasteiger partial charge is 0.373 e. The molecule has 0 saturated carbocycles. The Bertz CT molecular complexity index is 758. The van der Waals surface area contributed by atoms with Gasteiger partial charge in [-0.3, -0.25) is 0 Å². The maximum atomic E-state index is 5.71. The SMILES string of the molecule is Brc1cccc(Br)c1.C[C@@H]1CN(c2cccc(Br)c2)C[C@H](C)O1.C[C@@H]1CNC[C@H](C)O1. The first-order valence-corrected chi connectivity index (χ1v) is 13.0. The minimum Gasteiger partial charge on any atom is -0.373 e. The zero-order valence-electron chi connectivity index (χ0n) is 18.7. The Balaban J connectivity index is 0.000000181. The molecule has 0 radical (unpaired) electrons. The van der Waals surface area contributed by atoms with Gasteiger partial charge in [-0.05, 0) is 64.1 Å². The van der Waals surface area contributed by atoms with Gasteiger partial charge >= 0.3 is 0 Å². The van der Waals surface area contributed by atoms with E-state index < -0.39 is 0 Å². The molecule has 0 unspecified atom stereocenters. The van der Waals surface area contributed by atoms with Crippen LogP contribution in [0.1, 0.15) is 27.7 Å². The van der Waals surface area contributed by atoms with Crippen LogP contribution >= 0.6 is 47.8 Å². The van der Waals surface area contributed by atoms with Gasteiger partial charge in [0.2, 0.25) is 0 Å². The van der Waals surface area contributed by atoms with E-state index in [4.69, 9.17) is 9.47 Å². The van der Waals surface area contributed by atoms with E-state index in [1.807, 2.05) is 24.3 Å².